The Morgan fingerprint density at radius 2 is 1.47 bits per heavy atom. The minimum Gasteiger partial charge on any atom is -0.344 e. The van der Waals surface area contributed by atoms with E-state index in [1.807, 2.05) is 65.0 Å². The summed E-state index contributed by atoms with van der Waals surface area (Å²) in [4.78, 5) is 13.2. The first-order valence-electron chi connectivity index (χ1n) is 15.1. The van der Waals surface area contributed by atoms with Gasteiger partial charge in [-0.3, -0.25) is 9.11 Å². The van der Waals surface area contributed by atoms with Gasteiger partial charge in [0.25, 0.3) is 20.2 Å². The molecule has 4 rings (SSSR count). The predicted octanol–water partition coefficient (Wildman–Crippen LogP) is 6.52. The molecule has 11 heteroatoms. The summed E-state index contributed by atoms with van der Waals surface area (Å²) < 4.78 is 68.9. The number of unbranched alkanes of at least 4 members (excludes halogenated alkanes) is 2. The van der Waals surface area contributed by atoms with Crippen LogP contribution in [0.4, 0.5) is 11.4 Å². The number of likely N-dealkylation sites (N-methyl/N-ethyl adjacent to an activating group) is 1. The maximum Gasteiger partial charge on any atom is 0.294 e. The van der Waals surface area contributed by atoms with Gasteiger partial charge >= 0.3 is 0 Å². The molecule has 0 fully saturated rings. The number of nitrogens with zero attached hydrogens (tertiary/aromatic N) is 2. The Morgan fingerprint density at radius 3 is 2.07 bits per heavy atom. The summed E-state index contributed by atoms with van der Waals surface area (Å²) in [5, 5.41) is 0. The Balaban J connectivity index is 1.65. The number of rotatable bonds is 12. The van der Waals surface area contributed by atoms with Crippen LogP contribution in [0.5, 0.6) is 0 Å². The van der Waals surface area contributed by atoms with Crippen LogP contribution in [0.2, 0.25) is 0 Å². The van der Waals surface area contributed by atoms with Crippen molar-refractivity contribution >= 4 is 43.1 Å². The SMILES string of the molecule is CCN1/C(=C/C=C/C=C/C2=[N+](CCCCCC(C)=O)c3ccc(S(=O)(=O)O)cc3C2(C)C)C(C)(C)c2cc(S(=O)(=O)O)ccc21. The predicted molar refractivity (Wildman–Crippen MR) is 177 cm³/mol. The molecule has 2 aliphatic rings. The highest BCUT2D eigenvalue weighted by atomic mass is 32.2. The van der Waals surface area contributed by atoms with Crippen molar-refractivity contribution in [2.75, 3.05) is 18.0 Å². The second-order valence-corrected chi connectivity index (χ2v) is 15.5. The van der Waals surface area contributed by atoms with Crippen molar-refractivity contribution in [1.82, 2.24) is 0 Å². The van der Waals surface area contributed by atoms with Crippen molar-refractivity contribution < 1.29 is 35.3 Å². The van der Waals surface area contributed by atoms with Crippen LogP contribution in [0, 0.1) is 0 Å². The largest absolute Gasteiger partial charge is 0.344 e. The van der Waals surface area contributed by atoms with E-state index in [0.29, 0.717) is 19.5 Å². The Bertz CT molecular complexity index is 1850. The Hall–Kier alpha value is -3.38. The molecular weight excluding hydrogens is 613 g/mol. The van der Waals surface area contributed by atoms with E-state index in [1.165, 1.54) is 18.2 Å². The summed E-state index contributed by atoms with van der Waals surface area (Å²) in [6, 6.07) is 9.39. The summed E-state index contributed by atoms with van der Waals surface area (Å²) in [6.07, 6.45) is 12.9. The Kier molecular flexibility index (Phi) is 9.80. The van der Waals surface area contributed by atoms with Gasteiger partial charge in [-0.25, -0.2) is 0 Å². The molecule has 0 bridgehead atoms. The summed E-state index contributed by atoms with van der Waals surface area (Å²) in [5.74, 6) is 0.173. The number of hydrogen-bond donors (Lipinski definition) is 2. The van der Waals surface area contributed by atoms with Gasteiger partial charge in [-0.1, -0.05) is 32.1 Å². The fraction of sp³-hybridized carbons (Fsp3) is 0.412. The molecule has 0 saturated heterocycles. The molecule has 0 atom stereocenters. The lowest BCUT2D eigenvalue weighted by molar-refractivity contribution is -0.438. The molecule has 242 valence electrons. The molecule has 2 aromatic rings. The first-order chi connectivity index (χ1) is 20.9. The molecule has 2 heterocycles. The number of carbonyl (C=O) groups excluding carboxylic acids is 1. The number of hydrogen-bond acceptors (Lipinski definition) is 6. The summed E-state index contributed by atoms with van der Waals surface area (Å²) >= 11 is 0. The average molecular weight is 656 g/mol. The third kappa shape index (κ3) is 7.06. The van der Waals surface area contributed by atoms with Gasteiger partial charge in [0, 0.05) is 53.9 Å². The first kappa shape index (κ1) is 34.5. The maximum atomic E-state index is 11.9. The summed E-state index contributed by atoms with van der Waals surface area (Å²) in [5.41, 5.74) is 4.33. The van der Waals surface area contributed by atoms with Crippen LogP contribution in [0.1, 0.15) is 78.4 Å². The van der Waals surface area contributed by atoms with Gasteiger partial charge in [0.2, 0.25) is 5.69 Å². The molecule has 0 aliphatic carbocycles. The lowest BCUT2D eigenvalue weighted by atomic mass is 9.81. The van der Waals surface area contributed by atoms with Gasteiger partial charge in [0.05, 0.1) is 15.2 Å². The molecule has 45 heavy (non-hydrogen) atoms. The number of carbonyl (C=O) groups is 1. The second-order valence-electron chi connectivity index (χ2n) is 12.6. The molecule has 2 aromatic carbocycles. The van der Waals surface area contributed by atoms with Gasteiger partial charge in [-0.2, -0.15) is 21.4 Å². The number of allylic oxidation sites excluding steroid dienone is 6. The normalized spacial score (nSPS) is 18.4. The van der Waals surface area contributed by atoms with Crippen LogP contribution >= 0.6 is 0 Å². The molecular formula is C34H43N2O7S2+. The molecule has 0 radical (unpaired) electrons. The maximum absolute atomic E-state index is 11.9. The zero-order valence-electron chi connectivity index (χ0n) is 26.7. The van der Waals surface area contributed by atoms with E-state index in [-0.39, 0.29) is 15.6 Å². The fourth-order valence-electron chi connectivity index (χ4n) is 6.39. The van der Waals surface area contributed by atoms with E-state index in [9.17, 15) is 30.7 Å². The molecule has 0 amide bonds. The van der Waals surface area contributed by atoms with Crippen molar-refractivity contribution in [2.45, 2.75) is 87.8 Å². The Labute approximate surface area is 267 Å². The summed E-state index contributed by atoms with van der Waals surface area (Å²) in [7, 11) is -8.69. The minimum absolute atomic E-state index is 0.130. The van der Waals surface area contributed by atoms with Crippen molar-refractivity contribution in [2.24, 2.45) is 0 Å². The van der Waals surface area contributed by atoms with Crippen molar-refractivity contribution in [3.63, 3.8) is 0 Å². The molecule has 0 spiro atoms. The minimum atomic E-state index is -4.36. The van der Waals surface area contributed by atoms with E-state index in [1.54, 1.807) is 25.1 Å². The van der Waals surface area contributed by atoms with E-state index in [4.69, 9.17) is 0 Å². The molecule has 2 N–H and O–H groups in total. The van der Waals surface area contributed by atoms with E-state index < -0.39 is 31.1 Å². The fourth-order valence-corrected chi connectivity index (χ4v) is 7.40. The number of Topliss-reactive ketones (excluding diaryl/α,β-unsaturated/α-hetero) is 1. The highest BCUT2D eigenvalue weighted by Gasteiger charge is 2.45. The Morgan fingerprint density at radius 1 is 0.844 bits per heavy atom. The van der Waals surface area contributed by atoms with E-state index in [0.717, 1.165) is 53.2 Å². The van der Waals surface area contributed by atoms with Crippen LogP contribution in [-0.4, -0.2) is 55.1 Å². The average Bonchev–Trinajstić information content (AvgIpc) is 3.29. The second kappa shape index (κ2) is 12.8. The highest BCUT2D eigenvalue weighted by molar-refractivity contribution is 7.86. The quantitative estimate of drug-likeness (QED) is 0.114. The smallest absolute Gasteiger partial charge is 0.294 e. The standard InChI is InChI=1S/C34H42N2O7S2/c1-7-35-29-19-17-25(44(38,39)40)22-27(29)33(3,4)31(35)15-11-8-12-16-32-34(5,6)28-23-26(45(41,42)43)18-20-30(28)36(32)21-13-9-10-14-24(2)37/h8,11-12,15-20,22-23H,7,9-10,13-14,21H2,1-6H3,(H-,38,39,40,41,42,43)/p+1. The molecule has 0 saturated carbocycles. The third-order valence-corrected chi connectivity index (χ3v) is 10.5. The number of ketones is 1. The molecule has 2 aliphatic heterocycles. The monoisotopic (exact) mass is 655 g/mol. The van der Waals surface area contributed by atoms with Gasteiger partial charge in [-0.05, 0) is 82.5 Å². The van der Waals surface area contributed by atoms with Crippen molar-refractivity contribution in [3.05, 3.63) is 83.6 Å². The van der Waals surface area contributed by atoms with E-state index in [2.05, 4.69) is 9.48 Å². The van der Waals surface area contributed by atoms with Crippen molar-refractivity contribution in [1.29, 1.82) is 0 Å². The van der Waals surface area contributed by atoms with E-state index >= 15 is 0 Å². The van der Waals surface area contributed by atoms with Crippen LogP contribution in [0.3, 0.4) is 0 Å². The lowest BCUT2D eigenvalue weighted by Gasteiger charge is -2.25. The molecule has 0 unspecified atom stereocenters. The topological polar surface area (TPSA) is 132 Å². The highest BCUT2D eigenvalue weighted by Crippen LogP contribution is 2.48. The summed E-state index contributed by atoms with van der Waals surface area (Å²) in [6.45, 7) is 13.1. The first-order valence-corrected chi connectivity index (χ1v) is 18.0. The van der Waals surface area contributed by atoms with Crippen LogP contribution in [0.15, 0.2) is 82.3 Å². The number of anilines is 1. The zero-order valence-corrected chi connectivity index (χ0v) is 28.4. The van der Waals surface area contributed by atoms with Crippen LogP contribution < -0.4 is 4.90 Å². The molecule has 9 nitrogen and oxygen atoms in total. The van der Waals surface area contributed by atoms with Gasteiger partial charge in [0.15, 0.2) is 5.71 Å². The number of benzene rings is 2. The third-order valence-electron chi connectivity index (χ3n) is 8.78. The number of fused-ring (bicyclic) bond motifs is 2. The van der Waals surface area contributed by atoms with Gasteiger partial charge in [0.1, 0.15) is 12.3 Å². The van der Waals surface area contributed by atoms with Gasteiger partial charge < -0.3 is 9.69 Å². The van der Waals surface area contributed by atoms with Crippen LogP contribution in [0.25, 0.3) is 0 Å². The lowest BCUT2D eigenvalue weighted by Crippen LogP contribution is -2.28. The van der Waals surface area contributed by atoms with Crippen molar-refractivity contribution in [3.8, 4) is 0 Å². The zero-order chi connectivity index (χ0) is 33.4. The van der Waals surface area contributed by atoms with Crippen LogP contribution in [-0.2, 0) is 35.9 Å². The molecule has 0 aromatic heterocycles. The van der Waals surface area contributed by atoms with Gasteiger partial charge in [-0.15, -0.1) is 0 Å².